The van der Waals surface area contributed by atoms with Crippen LogP contribution in [0.25, 0.3) is 11.1 Å². The van der Waals surface area contributed by atoms with Gasteiger partial charge < -0.3 is 10.5 Å². The summed E-state index contributed by atoms with van der Waals surface area (Å²) < 4.78 is 19.0. The molecule has 3 aromatic rings. The molecule has 5 heteroatoms. The topological polar surface area (TPSA) is 60.5 Å². The monoisotopic (exact) mass is 333 g/mol. The summed E-state index contributed by atoms with van der Waals surface area (Å²) in [4.78, 5) is 8.52. The Labute approximate surface area is 144 Å². The van der Waals surface area contributed by atoms with E-state index in [-0.39, 0.29) is 11.8 Å². The standard InChI is InChI=1S/C20H16FN3O/c21-18-10-15(11-23-12-18)14-5-4-8-17(9-14)20(13-25-19(22)24-20)16-6-2-1-3-7-16/h1-12H,13H2,(H2,22,24). The summed E-state index contributed by atoms with van der Waals surface area (Å²) in [5.74, 6) is -0.368. The molecule has 4 rings (SSSR count). The van der Waals surface area contributed by atoms with Gasteiger partial charge in [0.1, 0.15) is 12.4 Å². The van der Waals surface area contributed by atoms with Crippen molar-refractivity contribution >= 4 is 6.02 Å². The van der Waals surface area contributed by atoms with E-state index in [1.807, 2.05) is 54.6 Å². The zero-order valence-electron chi connectivity index (χ0n) is 13.4. The van der Waals surface area contributed by atoms with E-state index < -0.39 is 5.54 Å². The average Bonchev–Trinajstić information content (AvgIpc) is 3.06. The van der Waals surface area contributed by atoms with Crippen molar-refractivity contribution in [3.8, 4) is 11.1 Å². The number of ether oxygens (including phenoxy) is 1. The molecule has 0 bridgehead atoms. The minimum atomic E-state index is -0.706. The molecule has 25 heavy (non-hydrogen) atoms. The second-order valence-electron chi connectivity index (χ2n) is 5.94. The molecule has 0 saturated heterocycles. The van der Waals surface area contributed by atoms with Gasteiger partial charge in [0.15, 0.2) is 5.54 Å². The van der Waals surface area contributed by atoms with E-state index in [0.717, 1.165) is 16.7 Å². The van der Waals surface area contributed by atoms with Crippen LogP contribution in [0, 0.1) is 5.82 Å². The van der Waals surface area contributed by atoms with E-state index in [4.69, 9.17) is 10.5 Å². The maximum Gasteiger partial charge on any atom is 0.283 e. The van der Waals surface area contributed by atoms with E-state index in [9.17, 15) is 4.39 Å². The minimum absolute atomic E-state index is 0.168. The molecule has 0 aliphatic carbocycles. The normalized spacial score (nSPS) is 19.3. The first-order valence-corrected chi connectivity index (χ1v) is 7.92. The Kier molecular flexibility index (Phi) is 3.69. The number of benzene rings is 2. The number of nitrogens with two attached hydrogens (primary N) is 1. The Morgan fingerprint density at radius 3 is 2.44 bits per heavy atom. The lowest BCUT2D eigenvalue weighted by Crippen LogP contribution is -2.27. The lowest BCUT2D eigenvalue weighted by Gasteiger charge is -2.25. The molecular weight excluding hydrogens is 317 g/mol. The molecule has 0 amide bonds. The van der Waals surface area contributed by atoms with Gasteiger partial charge in [-0.2, -0.15) is 0 Å². The van der Waals surface area contributed by atoms with Crippen molar-refractivity contribution in [3.63, 3.8) is 0 Å². The first kappa shape index (κ1) is 15.3. The third-order valence-corrected chi connectivity index (χ3v) is 4.36. The molecule has 2 N–H and O–H groups in total. The predicted molar refractivity (Wildman–Crippen MR) is 94.4 cm³/mol. The molecule has 1 atom stereocenters. The van der Waals surface area contributed by atoms with Crippen LogP contribution >= 0.6 is 0 Å². The lowest BCUT2D eigenvalue weighted by molar-refractivity contribution is 0.278. The van der Waals surface area contributed by atoms with Crippen LogP contribution < -0.4 is 5.73 Å². The summed E-state index contributed by atoms with van der Waals surface area (Å²) in [6.07, 6.45) is 2.83. The molecule has 124 valence electrons. The molecule has 1 unspecified atom stereocenters. The van der Waals surface area contributed by atoms with E-state index >= 15 is 0 Å². The van der Waals surface area contributed by atoms with Gasteiger partial charge in [0.2, 0.25) is 0 Å². The number of nitrogens with zero attached hydrogens (tertiary/aromatic N) is 2. The summed E-state index contributed by atoms with van der Waals surface area (Å²) in [6, 6.07) is 19.3. The number of hydrogen-bond donors (Lipinski definition) is 1. The van der Waals surface area contributed by atoms with E-state index in [0.29, 0.717) is 12.2 Å². The van der Waals surface area contributed by atoms with Crippen LogP contribution in [0.4, 0.5) is 4.39 Å². The summed E-state index contributed by atoms with van der Waals surface area (Å²) in [7, 11) is 0. The van der Waals surface area contributed by atoms with E-state index in [2.05, 4.69) is 9.98 Å². The molecule has 1 aliphatic rings. The number of aliphatic imine (C=N–C) groups is 1. The van der Waals surface area contributed by atoms with Crippen molar-refractivity contribution in [1.29, 1.82) is 0 Å². The number of pyridine rings is 1. The van der Waals surface area contributed by atoms with Gasteiger partial charge in [0, 0.05) is 11.8 Å². The molecule has 2 heterocycles. The van der Waals surface area contributed by atoms with Gasteiger partial charge in [-0.1, -0.05) is 48.5 Å². The van der Waals surface area contributed by atoms with Crippen molar-refractivity contribution in [2.24, 2.45) is 10.7 Å². The highest BCUT2D eigenvalue weighted by atomic mass is 19.1. The number of halogens is 1. The molecule has 4 nitrogen and oxygen atoms in total. The fourth-order valence-electron chi connectivity index (χ4n) is 3.13. The third kappa shape index (κ3) is 2.74. The fraction of sp³-hybridized carbons (Fsp3) is 0.100. The van der Waals surface area contributed by atoms with Crippen molar-refractivity contribution < 1.29 is 9.13 Å². The van der Waals surface area contributed by atoms with Gasteiger partial charge in [-0.3, -0.25) is 4.98 Å². The van der Waals surface area contributed by atoms with Crippen LogP contribution in [-0.4, -0.2) is 17.6 Å². The van der Waals surface area contributed by atoms with Crippen LogP contribution in [-0.2, 0) is 10.3 Å². The van der Waals surface area contributed by atoms with Crippen LogP contribution in [0.3, 0.4) is 0 Å². The number of rotatable bonds is 3. The van der Waals surface area contributed by atoms with Crippen LogP contribution in [0.1, 0.15) is 11.1 Å². The van der Waals surface area contributed by atoms with Gasteiger partial charge in [0.25, 0.3) is 6.02 Å². The third-order valence-electron chi connectivity index (χ3n) is 4.36. The molecule has 0 radical (unpaired) electrons. The maximum atomic E-state index is 13.5. The van der Waals surface area contributed by atoms with Crippen molar-refractivity contribution in [1.82, 2.24) is 4.98 Å². The molecule has 2 aromatic carbocycles. The van der Waals surface area contributed by atoms with Crippen LogP contribution in [0.15, 0.2) is 78.0 Å². The van der Waals surface area contributed by atoms with Gasteiger partial charge in [-0.15, -0.1) is 0 Å². The Morgan fingerprint density at radius 2 is 1.72 bits per heavy atom. The van der Waals surface area contributed by atoms with Gasteiger partial charge in [0.05, 0.1) is 6.20 Å². The van der Waals surface area contributed by atoms with Gasteiger partial charge >= 0.3 is 0 Å². The highest BCUT2D eigenvalue weighted by Crippen LogP contribution is 2.38. The minimum Gasteiger partial charge on any atom is -0.462 e. The second kappa shape index (κ2) is 6.02. The van der Waals surface area contributed by atoms with E-state index in [1.54, 1.807) is 6.20 Å². The fourth-order valence-corrected chi connectivity index (χ4v) is 3.13. The summed E-state index contributed by atoms with van der Waals surface area (Å²) >= 11 is 0. The summed E-state index contributed by atoms with van der Waals surface area (Å²) in [5.41, 5.74) is 8.61. The number of amidine groups is 1. The number of aromatic nitrogens is 1. The van der Waals surface area contributed by atoms with E-state index in [1.165, 1.54) is 12.3 Å². The quantitative estimate of drug-likeness (QED) is 0.798. The zero-order chi connectivity index (χ0) is 17.3. The Morgan fingerprint density at radius 1 is 0.920 bits per heavy atom. The summed E-state index contributed by atoms with van der Waals surface area (Å²) in [6.45, 7) is 0.327. The van der Waals surface area contributed by atoms with Crippen molar-refractivity contribution in [2.45, 2.75) is 5.54 Å². The predicted octanol–water partition coefficient (Wildman–Crippen LogP) is 3.48. The Hall–Kier alpha value is -3.21. The largest absolute Gasteiger partial charge is 0.462 e. The Bertz CT molecular complexity index is 942. The molecule has 0 saturated carbocycles. The average molecular weight is 333 g/mol. The maximum absolute atomic E-state index is 13.5. The lowest BCUT2D eigenvalue weighted by atomic mass is 9.83. The van der Waals surface area contributed by atoms with Crippen LogP contribution in [0.5, 0.6) is 0 Å². The first-order chi connectivity index (χ1) is 12.2. The van der Waals surface area contributed by atoms with Crippen molar-refractivity contribution in [2.75, 3.05) is 6.61 Å². The highest BCUT2D eigenvalue weighted by molar-refractivity contribution is 5.75. The molecule has 1 aliphatic heterocycles. The first-order valence-electron chi connectivity index (χ1n) is 7.92. The second-order valence-corrected chi connectivity index (χ2v) is 5.94. The van der Waals surface area contributed by atoms with Gasteiger partial charge in [-0.25, -0.2) is 9.38 Å². The van der Waals surface area contributed by atoms with Crippen LogP contribution in [0.2, 0.25) is 0 Å². The SMILES string of the molecule is NC1=NC(c2ccccc2)(c2cccc(-c3cncc(F)c3)c2)CO1. The molecule has 0 spiro atoms. The number of hydrogen-bond acceptors (Lipinski definition) is 4. The highest BCUT2D eigenvalue weighted by Gasteiger charge is 2.40. The Balaban J connectivity index is 1.86. The smallest absolute Gasteiger partial charge is 0.283 e. The van der Waals surface area contributed by atoms with Gasteiger partial charge in [-0.05, 0) is 28.8 Å². The molecular formula is C20H16FN3O. The molecule has 1 aromatic heterocycles. The summed E-state index contributed by atoms with van der Waals surface area (Å²) in [5, 5.41) is 0. The molecule has 0 fully saturated rings. The van der Waals surface area contributed by atoms with Crippen molar-refractivity contribution in [3.05, 3.63) is 90.0 Å². The zero-order valence-corrected chi connectivity index (χ0v) is 13.4.